The van der Waals surface area contributed by atoms with Gasteiger partial charge in [-0.2, -0.15) is 0 Å². The predicted octanol–water partition coefficient (Wildman–Crippen LogP) is 8.14. The van der Waals surface area contributed by atoms with E-state index in [0.717, 1.165) is 24.3 Å². The summed E-state index contributed by atoms with van der Waals surface area (Å²) in [5.41, 5.74) is 0.856. The molecular weight excluding hydrogens is 464 g/mol. The average molecular weight is 517 g/mol. The molecule has 4 nitrogen and oxygen atoms in total. The third-order valence-electron chi connectivity index (χ3n) is 9.01. The summed E-state index contributed by atoms with van der Waals surface area (Å²) < 4.78 is 12.1. The van der Waals surface area contributed by atoms with Gasteiger partial charge in [0.15, 0.2) is 8.32 Å². The quantitative estimate of drug-likeness (QED) is 0.155. The molecule has 2 rings (SSSR count). The lowest BCUT2D eigenvalue weighted by Gasteiger charge is -2.42. The number of benzene rings is 1. The summed E-state index contributed by atoms with van der Waals surface area (Å²) in [6.45, 7) is 18.1. The molecule has 1 saturated carbocycles. The lowest BCUT2D eigenvalue weighted by molar-refractivity contribution is -0.151. The van der Waals surface area contributed by atoms with E-state index in [9.17, 15) is 9.59 Å². The Morgan fingerprint density at radius 2 is 1.67 bits per heavy atom. The van der Waals surface area contributed by atoms with Crippen molar-refractivity contribution >= 4 is 20.1 Å². The molecule has 2 atom stereocenters. The van der Waals surface area contributed by atoms with Crippen molar-refractivity contribution in [2.45, 2.75) is 124 Å². The van der Waals surface area contributed by atoms with Gasteiger partial charge in [-0.15, -0.1) is 0 Å². The summed E-state index contributed by atoms with van der Waals surface area (Å²) >= 11 is 0. The fraction of sp³-hybridized carbons (Fsp3) is 0.742. The van der Waals surface area contributed by atoms with E-state index in [1.807, 2.05) is 25.1 Å². The number of carbonyl (C=O) groups is 2. The molecule has 5 heteroatoms. The van der Waals surface area contributed by atoms with E-state index in [4.69, 9.17) is 9.16 Å². The van der Waals surface area contributed by atoms with Crippen molar-refractivity contribution in [1.29, 1.82) is 0 Å². The zero-order chi connectivity index (χ0) is 27.0. The molecule has 0 aromatic heterocycles. The molecule has 1 aromatic carbocycles. The molecule has 0 aliphatic heterocycles. The Kier molecular flexibility index (Phi) is 11.4. The monoisotopic (exact) mass is 516 g/mol. The fourth-order valence-electron chi connectivity index (χ4n) is 5.50. The van der Waals surface area contributed by atoms with Crippen LogP contribution in [-0.4, -0.2) is 32.8 Å². The van der Waals surface area contributed by atoms with Crippen molar-refractivity contribution in [1.82, 2.24) is 0 Å². The molecule has 1 fully saturated rings. The van der Waals surface area contributed by atoms with Crippen LogP contribution in [0.15, 0.2) is 30.3 Å². The smallest absolute Gasteiger partial charge is 0.309 e. The normalized spacial score (nSPS) is 17.0. The van der Waals surface area contributed by atoms with E-state index in [1.165, 1.54) is 25.7 Å². The molecule has 0 N–H and O–H groups in total. The maximum Gasteiger partial charge on any atom is 0.309 e. The Balaban J connectivity index is 2.00. The van der Waals surface area contributed by atoms with Gasteiger partial charge in [-0.05, 0) is 74.6 Å². The second kappa shape index (κ2) is 13.4. The van der Waals surface area contributed by atoms with E-state index in [0.29, 0.717) is 25.9 Å². The first-order chi connectivity index (χ1) is 16.9. The van der Waals surface area contributed by atoms with Crippen LogP contribution in [0, 0.1) is 17.3 Å². The minimum atomic E-state index is -2.02. The molecule has 36 heavy (non-hydrogen) atoms. The zero-order valence-electron chi connectivity index (χ0n) is 24.3. The van der Waals surface area contributed by atoms with Crippen LogP contribution in [0.2, 0.25) is 18.1 Å². The van der Waals surface area contributed by atoms with Gasteiger partial charge >= 0.3 is 5.97 Å². The lowest BCUT2D eigenvalue weighted by atomic mass is 9.80. The van der Waals surface area contributed by atoms with E-state index in [-0.39, 0.29) is 34.2 Å². The Bertz CT molecular complexity index is 824. The lowest BCUT2D eigenvalue weighted by Crippen LogP contribution is -2.45. The number of Topliss-reactive ketones (excluding diaryl/α,β-unsaturated/α-hetero) is 1. The maximum absolute atomic E-state index is 13.3. The van der Waals surface area contributed by atoms with Gasteiger partial charge < -0.3 is 9.16 Å². The van der Waals surface area contributed by atoms with Crippen molar-refractivity contribution < 1.29 is 18.8 Å². The highest BCUT2D eigenvalue weighted by Gasteiger charge is 2.53. The zero-order valence-corrected chi connectivity index (χ0v) is 25.3. The van der Waals surface area contributed by atoms with Crippen LogP contribution in [0.5, 0.6) is 0 Å². The van der Waals surface area contributed by atoms with Crippen molar-refractivity contribution in [2.24, 2.45) is 17.3 Å². The van der Waals surface area contributed by atoms with Crippen LogP contribution in [0.3, 0.4) is 0 Å². The fourth-order valence-corrected chi connectivity index (χ4v) is 7.66. The van der Waals surface area contributed by atoms with Crippen LogP contribution in [-0.2, 0) is 25.2 Å². The maximum atomic E-state index is 13.3. The number of hydrogen-bond acceptors (Lipinski definition) is 4. The van der Waals surface area contributed by atoms with Gasteiger partial charge in [-0.1, -0.05) is 77.3 Å². The summed E-state index contributed by atoms with van der Waals surface area (Å²) in [5.74, 6) is 0.562. The van der Waals surface area contributed by atoms with Crippen LogP contribution >= 0.6 is 0 Å². The van der Waals surface area contributed by atoms with Gasteiger partial charge in [-0.25, -0.2) is 0 Å². The number of rotatable bonds is 17. The Morgan fingerprint density at radius 1 is 1.06 bits per heavy atom. The summed E-state index contributed by atoms with van der Waals surface area (Å²) in [4.78, 5) is 26.2. The highest BCUT2D eigenvalue weighted by molar-refractivity contribution is 6.74. The molecule has 0 heterocycles. The van der Waals surface area contributed by atoms with Crippen molar-refractivity contribution in [3.8, 4) is 0 Å². The molecule has 1 aromatic rings. The van der Waals surface area contributed by atoms with Crippen molar-refractivity contribution in [2.75, 3.05) is 6.61 Å². The summed E-state index contributed by atoms with van der Waals surface area (Å²) in [7, 11) is -2.02. The second-order valence-corrected chi connectivity index (χ2v) is 16.9. The van der Waals surface area contributed by atoms with Gasteiger partial charge in [0.05, 0.1) is 12.5 Å². The molecule has 204 valence electrons. The molecule has 0 amide bonds. The van der Waals surface area contributed by atoms with Gasteiger partial charge in [0.1, 0.15) is 5.78 Å². The van der Waals surface area contributed by atoms with E-state index in [1.54, 1.807) is 0 Å². The molecular formula is C31H52O4Si. The number of esters is 1. The molecule has 1 unspecified atom stereocenters. The molecule has 0 radical (unpaired) electrons. The van der Waals surface area contributed by atoms with Gasteiger partial charge in [0.2, 0.25) is 0 Å². The van der Waals surface area contributed by atoms with Gasteiger partial charge in [0.25, 0.3) is 0 Å². The number of hydrogen-bond donors (Lipinski definition) is 0. The van der Waals surface area contributed by atoms with E-state index < -0.39 is 8.32 Å². The highest BCUT2D eigenvalue weighted by atomic mass is 28.4. The standard InChI is InChI=1S/C31H52O4Si/c1-9-25(10-2)17-18-30(5,6)36(7,8)35-24(4)21-27(32)23-31(19-20-31)28(29(33)34-11-3)22-26-15-13-12-14-16-26/h12-16,24-25,28H,9-11,17-23H2,1-8H3/t24?,28-/m0/s1. The summed E-state index contributed by atoms with van der Waals surface area (Å²) in [6.07, 6.45) is 8.09. The van der Waals surface area contributed by atoms with Crippen LogP contribution in [0.4, 0.5) is 0 Å². The first kappa shape index (κ1) is 30.8. The van der Waals surface area contributed by atoms with Crippen LogP contribution in [0.1, 0.15) is 98.5 Å². The third-order valence-corrected chi connectivity index (χ3v) is 13.5. The van der Waals surface area contributed by atoms with Crippen molar-refractivity contribution in [3.05, 3.63) is 35.9 Å². The summed E-state index contributed by atoms with van der Waals surface area (Å²) in [6, 6.07) is 10.1. The molecule has 0 spiro atoms. The minimum absolute atomic E-state index is 0.0995. The SMILES string of the molecule is CCOC(=O)[C@H](Cc1ccccc1)C1(CC(=O)CC(C)O[Si](C)(C)C(C)(C)CCC(CC)CC)CC1. The third kappa shape index (κ3) is 8.55. The van der Waals surface area contributed by atoms with Crippen molar-refractivity contribution in [3.63, 3.8) is 0 Å². The largest absolute Gasteiger partial charge is 0.466 e. The van der Waals surface area contributed by atoms with E-state index in [2.05, 4.69) is 59.8 Å². The number of ether oxygens (including phenoxy) is 1. The topological polar surface area (TPSA) is 52.6 Å². The first-order valence-corrected chi connectivity index (χ1v) is 17.2. The predicted molar refractivity (Wildman–Crippen MR) is 152 cm³/mol. The van der Waals surface area contributed by atoms with Crippen LogP contribution in [0.25, 0.3) is 0 Å². The Hall–Kier alpha value is -1.46. The number of carbonyl (C=O) groups excluding carboxylic acids is 2. The highest BCUT2D eigenvalue weighted by Crippen LogP contribution is 2.56. The molecule has 0 bridgehead atoms. The molecule has 1 aliphatic rings. The molecule has 0 saturated heterocycles. The summed E-state index contributed by atoms with van der Waals surface area (Å²) in [5, 5.41) is 0.148. The Morgan fingerprint density at radius 3 is 2.19 bits per heavy atom. The minimum Gasteiger partial charge on any atom is -0.466 e. The average Bonchev–Trinajstić information content (AvgIpc) is 3.58. The van der Waals surface area contributed by atoms with Gasteiger partial charge in [-0.3, -0.25) is 9.59 Å². The molecule has 1 aliphatic carbocycles. The number of ketones is 1. The van der Waals surface area contributed by atoms with Gasteiger partial charge in [0, 0.05) is 18.9 Å². The Labute approximate surface area is 222 Å². The second-order valence-electron chi connectivity index (χ2n) is 12.3. The van der Waals surface area contributed by atoms with Crippen LogP contribution < -0.4 is 0 Å². The first-order valence-electron chi connectivity index (χ1n) is 14.3. The van der Waals surface area contributed by atoms with E-state index >= 15 is 0 Å².